The zero-order valence-corrected chi connectivity index (χ0v) is 23.0. The molecule has 0 aliphatic rings. The van der Waals surface area contributed by atoms with E-state index in [-0.39, 0.29) is 18.4 Å². The van der Waals surface area contributed by atoms with Crippen LogP contribution in [0.15, 0.2) is 42.7 Å². The predicted molar refractivity (Wildman–Crippen MR) is 155 cm³/mol. The quantitative estimate of drug-likeness (QED) is 0.150. The molecule has 0 radical (unpaired) electrons. The Labute approximate surface area is 229 Å². The van der Waals surface area contributed by atoms with Gasteiger partial charge in [0.05, 0.1) is 35.7 Å². The third kappa shape index (κ3) is 9.43. The maximum Gasteiger partial charge on any atom is 0.246 e. The summed E-state index contributed by atoms with van der Waals surface area (Å²) < 4.78 is 0. The zero-order chi connectivity index (χ0) is 28.0. The zero-order valence-electron chi connectivity index (χ0n) is 23.0. The first-order chi connectivity index (χ1) is 18.9. The van der Waals surface area contributed by atoms with Crippen molar-refractivity contribution in [3.8, 4) is 11.8 Å². The molecule has 0 fully saturated rings. The predicted octanol–water partition coefficient (Wildman–Crippen LogP) is 2.74. The van der Waals surface area contributed by atoms with Gasteiger partial charge in [-0.3, -0.25) is 14.7 Å². The Balaban J connectivity index is 1.49. The van der Waals surface area contributed by atoms with Crippen molar-refractivity contribution in [3.05, 3.63) is 48.3 Å². The number of likely N-dealkylation sites (N-methyl/N-ethyl adjacent to an activating group) is 2. The molecule has 2 amide bonds. The summed E-state index contributed by atoms with van der Waals surface area (Å²) in [5.41, 5.74) is 2.50. The average molecular weight is 532 g/mol. The summed E-state index contributed by atoms with van der Waals surface area (Å²) in [6, 6.07) is 5.84. The van der Waals surface area contributed by atoms with E-state index in [1.54, 1.807) is 25.5 Å². The molecule has 0 unspecified atom stereocenters. The highest BCUT2D eigenvalue weighted by Crippen LogP contribution is 2.24. The van der Waals surface area contributed by atoms with E-state index >= 15 is 0 Å². The Bertz CT molecular complexity index is 1340. The maximum absolute atomic E-state index is 12.1. The first-order valence-corrected chi connectivity index (χ1v) is 13.0. The number of hydrogen-bond acceptors (Lipinski definition) is 8. The van der Waals surface area contributed by atoms with Crippen LogP contribution in [0.1, 0.15) is 31.7 Å². The summed E-state index contributed by atoms with van der Waals surface area (Å²) in [5.74, 6) is 7.02. The number of fused-ring (bicyclic) bond motifs is 1. The highest BCUT2D eigenvalue weighted by Gasteiger charge is 2.10. The van der Waals surface area contributed by atoms with E-state index in [4.69, 9.17) is 0 Å². The largest absolute Gasteiger partial charge is 0.369 e. The van der Waals surface area contributed by atoms with Crippen molar-refractivity contribution in [2.45, 2.75) is 26.2 Å². The van der Waals surface area contributed by atoms with Crippen LogP contribution in [0.5, 0.6) is 0 Å². The Morgan fingerprint density at radius 3 is 2.79 bits per heavy atom. The summed E-state index contributed by atoms with van der Waals surface area (Å²) in [6.07, 6.45) is 8.95. The topological polar surface area (TPSA) is 131 Å². The molecule has 0 atom stereocenters. The number of rotatable bonds is 13. The van der Waals surface area contributed by atoms with Gasteiger partial charge in [0.15, 0.2) is 0 Å². The molecule has 1 aromatic carbocycles. The van der Waals surface area contributed by atoms with Gasteiger partial charge in [-0.15, -0.1) is 0 Å². The average Bonchev–Trinajstić information content (AvgIpc) is 3.40. The minimum Gasteiger partial charge on any atom is -0.369 e. The van der Waals surface area contributed by atoms with Crippen molar-refractivity contribution >= 4 is 40.2 Å². The Morgan fingerprint density at radius 1 is 1.15 bits per heavy atom. The number of H-pyrrole nitrogens is 1. The summed E-state index contributed by atoms with van der Waals surface area (Å²) >= 11 is 0. The minimum absolute atomic E-state index is 0.0100. The van der Waals surface area contributed by atoms with Crippen molar-refractivity contribution in [1.82, 2.24) is 35.3 Å². The van der Waals surface area contributed by atoms with Gasteiger partial charge in [-0.05, 0) is 39.1 Å². The number of benzene rings is 1. The third-order valence-electron chi connectivity index (χ3n) is 5.57. The first kappa shape index (κ1) is 29.1. The van der Waals surface area contributed by atoms with Crippen molar-refractivity contribution in [3.63, 3.8) is 0 Å². The molecule has 11 heteroatoms. The summed E-state index contributed by atoms with van der Waals surface area (Å²) in [5, 5.41) is 17.4. The minimum atomic E-state index is -0.202. The van der Waals surface area contributed by atoms with E-state index in [9.17, 15) is 9.59 Å². The van der Waals surface area contributed by atoms with Crippen molar-refractivity contribution in [2.75, 3.05) is 58.0 Å². The lowest BCUT2D eigenvalue weighted by Crippen LogP contribution is -2.38. The molecule has 206 valence electrons. The lowest BCUT2D eigenvalue weighted by molar-refractivity contribution is -0.131. The standard InChI is InChI=1S/C28H37N9O2/c1-5-15-30-27-21(18-31-28(34-27)33-23-12-9-13-24-22(23)19-32-35-24)11-7-6-8-16-29-25(38)20-37(4)26(39)14-10-17-36(2)3/h9-10,12-14,18-19H,5-6,8,15-17,20H2,1-4H3,(H,29,38)(H,32,35)(H2,30,31,33,34)/b14-10+. The number of hydrogen-bond donors (Lipinski definition) is 4. The molecule has 0 saturated carbocycles. The van der Waals surface area contributed by atoms with Gasteiger partial charge >= 0.3 is 0 Å². The fourth-order valence-electron chi connectivity index (χ4n) is 3.51. The molecular formula is C28H37N9O2. The van der Waals surface area contributed by atoms with Crippen LogP contribution in [0, 0.1) is 11.8 Å². The fraction of sp³-hybridized carbons (Fsp3) is 0.393. The van der Waals surface area contributed by atoms with Crippen LogP contribution in [-0.2, 0) is 9.59 Å². The second-order valence-corrected chi connectivity index (χ2v) is 9.26. The molecule has 3 aromatic rings. The molecule has 2 aromatic heterocycles. The highest BCUT2D eigenvalue weighted by molar-refractivity contribution is 5.92. The number of anilines is 3. The number of aromatic nitrogens is 4. The molecule has 0 saturated heterocycles. The van der Waals surface area contributed by atoms with Crippen LogP contribution in [0.2, 0.25) is 0 Å². The number of aromatic amines is 1. The second-order valence-electron chi connectivity index (χ2n) is 9.26. The van der Waals surface area contributed by atoms with Crippen LogP contribution in [-0.4, -0.2) is 89.1 Å². The molecule has 3 rings (SSSR count). The number of nitrogens with one attached hydrogen (secondary N) is 4. The maximum atomic E-state index is 12.1. The molecule has 0 spiro atoms. The van der Waals surface area contributed by atoms with Crippen LogP contribution < -0.4 is 16.0 Å². The van der Waals surface area contributed by atoms with E-state index in [0.29, 0.717) is 43.3 Å². The van der Waals surface area contributed by atoms with E-state index in [1.165, 1.54) is 11.0 Å². The van der Waals surface area contributed by atoms with Gasteiger partial charge in [0, 0.05) is 44.6 Å². The number of amides is 2. The molecule has 4 N–H and O–H groups in total. The van der Waals surface area contributed by atoms with Crippen LogP contribution in [0.3, 0.4) is 0 Å². The van der Waals surface area contributed by atoms with Gasteiger partial charge in [0.1, 0.15) is 5.82 Å². The second kappa shape index (κ2) is 15.1. The molecular weight excluding hydrogens is 494 g/mol. The van der Waals surface area contributed by atoms with E-state index in [1.807, 2.05) is 37.2 Å². The van der Waals surface area contributed by atoms with Crippen molar-refractivity contribution in [1.29, 1.82) is 0 Å². The summed E-state index contributed by atoms with van der Waals surface area (Å²) in [4.78, 5) is 36.6. The fourth-order valence-corrected chi connectivity index (χ4v) is 3.51. The third-order valence-corrected chi connectivity index (χ3v) is 5.57. The molecule has 39 heavy (non-hydrogen) atoms. The Morgan fingerprint density at radius 2 is 2.00 bits per heavy atom. The molecule has 2 heterocycles. The molecule has 0 aliphatic carbocycles. The van der Waals surface area contributed by atoms with Gasteiger partial charge in [-0.2, -0.15) is 10.1 Å². The number of unbranched alkanes of at least 4 members (excludes halogenated alkanes) is 1. The SMILES string of the molecule is CCCNc1nc(Nc2cccc3[nH]ncc23)ncc1C#CCCCNC(=O)CN(C)C(=O)/C=C/CN(C)C. The monoisotopic (exact) mass is 531 g/mol. The Hall–Kier alpha value is -4.43. The normalized spacial score (nSPS) is 10.9. The van der Waals surface area contributed by atoms with Crippen LogP contribution in [0.25, 0.3) is 10.9 Å². The van der Waals surface area contributed by atoms with Crippen LogP contribution >= 0.6 is 0 Å². The van der Waals surface area contributed by atoms with E-state index in [0.717, 1.165) is 29.6 Å². The molecule has 0 bridgehead atoms. The number of nitrogens with zero attached hydrogens (tertiary/aromatic N) is 5. The summed E-state index contributed by atoms with van der Waals surface area (Å²) in [7, 11) is 5.45. The first-order valence-electron chi connectivity index (χ1n) is 13.0. The van der Waals surface area contributed by atoms with Gasteiger partial charge in [0.2, 0.25) is 17.8 Å². The number of carbonyl (C=O) groups is 2. The Kier molecular flexibility index (Phi) is 11.3. The van der Waals surface area contributed by atoms with E-state index in [2.05, 4.69) is 54.9 Å². The van der Waals surface area contributed by atoms with Gasteiger partial charge in [0.25, 0.3) is 0 Å². The van der Waals surface area contributed by atoms with E-state index < -0.39 is 0 Å². The highest BCUT2D eigenvalue weighted by atomic mass is 16.2. The lowest BCUT2D eigenvalue weighted by atomic mass is 10.2. The van der Waals surface area contributed by atoms with Gasteiger partial charge in [-0.25, -0.2) is 4.98 Å². The molecule has 0 aliphatic heterocycles. The molecule has 11 nitrogen and oxygen atoms in total. The van der Waals surface area contributed by atoms with Gasteiger partial charge < -0.3 is 25.8 Å². The van der Waals surface area contributed by atoms with Crippen molar-refractivity contribution in [2.24, 2.45) is 0 Å². The lowest BCUT2D eigenvalue weighted by Gasteiger charge is -2.14. The van der Waals surface area contributed by atoms with Gasteiger partial charge in [-0.1, -0.05) is 30.9 Å². The van der Waals surface area contributed by atoms with Crippen LogP contribution in [0.4, 0.5) is 17.5 Å². The summed E-state index contributed by atoms with van der Waals surface area (Å²) in [6.45, 7) is 4.00. The van der Waals surface area contributed by atoms with Crippen molar-refractivity contribution < 1.29 is 9.59 Å². The smallest absolute Gasteiger partial charge is 0.246 e. The number of carbonyl (C=O) groups excluding carboxylic acids is 2.